The van der Waals surface area contributed by atoms with E-state index in [0.717, 1.165) is 15.0 Å². The zero-order chi connectivity index (χ0) is 13.6. The number of carbonyl (C=O) groups excluding carboxylic acids is 1. The summed E-state index contributed by atoms with van der Waals surface area (Å²) in [4.78, 5) is 39.4. The van der Waals surface area contributed by atoms with Gasteiger partial charge in [-0.25, -0.2) is 9.36 Å². The van der Waals surface area contributed by atoms with Crippen LogP contribution in [0.2, 0.25) is 0 Å². The summed E-state index contributed by atoms with van der Waals surface area (Å²) in [6.45, 7) is 5.12. The zero-order valence-electron chi connectivity index (χ0n) is 10.2. The summed E-state index contributed by atoms with van der Waals surface area (Å²) in [5, 5.41) is 0.449. The largest absolute Gasteiger partial charge is 0.368 e. The topological polar surface area (TPSA) is 97.9 Å². The highest BCUT2D eigenvalue weighted by molar-refractivity contribution is 7.18. The molecule has 0 saturated heterocycles. The standard InChI is InChI=1S/C11H13N3O3S/c1-4-6(3)18-9-7(4)10(16)14(11(17)13-9)5(2)8(12)15/h5H,1-3H3,(H2,12,15)(H,13,17). The van der Waals surface area contributed by atoms with Gasteiger partial charge in [-0.3, -0.25) is 14.6 Å². The molecule has 0 saturated carbocycles. The lowest BCUT2D eigenvalue weighted by Gasteiger charge is -2.09. The number of aryl methyl sites for hydroxylation is 2. The van der Waals surface area contributed by atoms with Crippen molar-refractivity contribution in [3.05, 3.63) is 31.3 Å². The molecular weight excluding hydrogens is 254 g/mol. The first kappa shape index (κ1) is 12.6. The molecule has 18 heavy (non-hydrogen) atoms. The average molecular weight is 267 g/mol. The molecule has 2 heterocycles. The summed E-state index contributed by atoms with van der Waals surface area (Å²) < 4.78 is 0.865. The monoisotopic (exact) mass is 267 g/mol. The molecule has 2 aromatic heterocycles. The summed E-state index contributed by atoms with van der Waals surface area (Å²) >= 11 is 1.35. The first-order valence-corrected chi connectivity index (χ1v) is 6.20. The van der Waals surface area contributed by atoms with Crippen molar-refractivity contribution in [2.75, 3.05) is 0 Å². The van der Waals surface area contributed by atoms with E-state index in [1.165, 1.54) is 18.3 Å². The van der Waals surface area contributed by atoms with E-state index in [2.05, 4.69) is 4.98 Å². The van der Waals surface area contributed by atoms with E-state index in [4.69, 9.17) is 5.73 Å². The fourth-order valence-corrected chi connectivity index (χ4v) is 2.86. The molecule has 0 aliphatic carbocycles. The molecule has 3 N–H and O–H groups in total. The maximum Gasteiger partial charge on any atom is 0.330 e. The number of nitrogens with one attached hydrogen (secondary N) is 1. The minimum absolute atomic E-state index is 0.449. The van der Waals surface area contributed by atoms with E-state index < -0.39 is 23.2 Å². The fourth-order valence-electron chi connectivity index (χ4n) is 1.82. The summed E-state index contributed by atoms with van der Waals surface area (Å²) in [6.07, 6.45) is 0. The van der Waals surface area contributed by atoms with Crippen molar-refractivity contribution in [3.8, 4) is 0 Å². The number of carbonyl (C=O) groups is 1. The number of fused-ring (bicyclic) bond motifs is 1. The molecule has 6 nitrogen and oxygen atoms in total. The second-order valence-corrected chi connectivity index (χ2v) is 5.40. The Bertz CT molecular complexity index is 753. The van der Waals surface area contributed by atoms with Crippen LogP contribution in [0.1, 0.15) is 23.4 Å². The van der Waals surface area contributed by atoms with Gasteiger partial charge in [0.2, 0.25) is 5.91 Å². The summed E-state index contributed by atoms with van der Waals surface area (Å²) in [6, 6.07) is -0.967. The Morgan fingerprint density at radius 1 is 1.39 bits per heavy atom. The molecule has 2 rings (SSSR count). The minimum atomic E-state index is -0.967. The van der Waals surface area contributed by atoms with Crippen molar-refractivity contribution in [1.82, 2.24) is 9.55 Å². The predicted molar refractivity (Wildman–Crippen MR) is 70.1 cm³/mol. The molecule has 1 amide bonds. The molecule has 2 aromatic rings. The summed E-state index contributed by atoms with van der Waals surface area (Å²) in [5.41, 5.74) is 4.88. The van der Waals surface area contributed by atoms with E-state index in [1.807, 2.05) is 13.8 Å². The van der Waals surface area contributed by atoms with Crippen LogP contribution in [0, 0.1) is 13.8 Å². The Balaban J connectivity index is 2.93. The fraction of sp³-hybridized carbons (Fsp3) is 0.364. The van der Waals surface area contributed by atoms with Crippen LogP contribution < -0.4 is 17.0 Å². The number of aromatic amines is 1. The smallest absolute Gasteiger partial charge is 0.330 e. The highest BCUT2D eigenvalue weighted by Crippen LogP contribution is 2.25. The van der Waals surface area contributed by atoms with Gasteiger partial charge in [0, 0.05) is 4.88 Å². The molecule has 0 fully saturated rings. The van der Waals surface area contributed by atoms with E-state index in [-0.39, 0.29) is 0 Å². The lowest BCUT2D eigenvalue weighted by atomic mass is 10.2. The van der Waals surface area contributed by atoms with Crippen LogP contribution in [-0.2, 0) is 4.79 Å². The Morgan fingerprint density at radius 3 is 2.56 bits per heavy atom. The molecule has 7 heteroatoms. The van der Waals surface area contributed by atoms with Crippen molar-refractivity contribution in [1.29, 1.82) is 0 Å². The van der Waals surface area contributed by atoms with Gasteiger partial charge in [-0.15, -0.1) is 11.3 Å². The Morgan fingerprint density at radius 2 is 2.00 bits per heavy atom. The quantitative estimate of drug-likeness (QED) is 0.824. The lowest BCUT2D eigenvalue weighted by Crippen LogP contribution is -2.41. The molecule has 96 valence electrons. The number of amides is 1. The maximum atomic E-state index is 12.3. The lowest BCUT2D eigenvalue weighted by molar-refractivity contribution is -0.120. The number of hydrogen-bond acceptors (Lipinski definition) is 4. The van der Waals surface area contributed by atoms with Crippen LogP contribution in [0.4, 0.5) is 0 Å². The number of aromatic nitrogens is 2. The zero-order valence-corrected chi connectivity index (χ0v) is 11.1. The predicted octanol–water partition coefficient (Wildman–Crippen LogP) is 0.414. The number of hydrogen-bond donors (Lipinski definition) is 2. The van der Waals surface area contributed by atoms with Crippen LogP contribution >= 0.6 is 11.3 Å². The van der Waals surface area contributed by atoms with E-state index in [1.54, 1.807) is 0 Å². The van der Waals surface area contributed by atoms with Crippen LogP contribution in [0.15, 0.2) is 9.59 Å². The van der Waals surface area contributed by atoms with Crippen LogP contribution in [0.25, 0.3) is 10.2 Å². The third kappa shape index (κ3) is 1.67. The third-order valence-corrected chi connectivity index (χ3v) is 4.18. The number of nitrogens with two attached hydrogens (primary N) is 1. The SMILES string of the molecule is Cc1sc2[nH]c(=O)n(C(C)C(N)=O)c(=O)c2c1C. The molecule has 0 aromatic carbocycles. The summed E-state index contributed by atoms with van der Waals surface area (Å²) in [5.74, 6) is -0.716. The highest BCUT2D eigenvalue weighted by Gasteiger charge is 2.20. The van der Waals surface area contributed by atoms with Gasteiger partial charge in [0.25, 0.3) is 5.56 Å². The second-order valence-electron chi connectivity index (χ2n) is 4.17. The van der Waals surface area contributed by atoms with Gasteiger partial charge in [0.1, 0.15) is 10.9 Å². The van der Waals surface area contributed by atoms with Crippen molar-refractivity contribution >= 4 is 27.5 Å². The van der Waals surface area contributed by atoms with E-state index in [0.29, 0.717) is 10.2 Å². The van der Waals surface area contributed by atoms with Gasteiger partial charge >= 0.3 is 5.69 Å². The second kappa shape index (κ2) is 4.09. The molecule has 0 spiro atoms. The molecule has 1 atom stereocenters. The normalized spacial score (nSPS) is 12.8. The minimum Gasteiger partial charge on any atom is -0.368 e. The molecule has 0 bridgehead atoms. The van der Waals surface area contributed by atoms with Crippen LogP contribution in [-0.4, -0.2) is 15.5 Å². The highest BCUT2D eigenvalue weighted by atomic mass is 32.1. The average Bonchev–Trinajstić information content (AvgIpc) is 2.54. The first-order valence-electron chi connectivity index (χ1n) is 5.38. The summed E-state index contributed by atoms with van der Waals surface area (Å²) in [7, 11) is 0. The van der Waals surface area contributed by atoms with Gasteiger partial charge < -0.3 is 5.73 Å². The van der Waals surface area contributed by atoms with Crippen molar-refractivity contribution in [3.63, 3.8) is 0 Å². The van der Waals surface area contributed by atoms with Gasteiger partial charge in [0.05, 0.1) is 5.39 Å². The van der Waals surface area contributed by atoms with Crippen molar-refractivity contribution in [2.45, 2.75) is 26.8 Å². The molecule has 0 radical (unpaired) electrons. The van der Waals surface area contributed by atoms with E-state index >= 15 is 0 Å². The van der Waals surface area contributed by atoms with E-state index in [9.17, 15) is 14.4 Å². The van der Waals surface area contributed by atoms with Crippen LogP contribution in [0.5, 0.6) is 0 Å². The molecular formula is C11H13N3O3S. The molecule has 1 unspecified atom stereocenters. The molecule has 0 aliphatic heterocycles. The number of nitrogens with zero attached hydrogens (tertiary/aromatic N) is 1. The van der Waals surface area contributed by atoms with Gasteiger partial charge in [0.15, 0.2) is 0 Å². The number of primary amides is 1. The number of rotatable bonds is 2. The van der Waals surface area contributed by atoms with Gasteiger partial charge in [-0.1, -0.05) is 0 Å². The maximum absolute atomic E-state index is 12.3. The number of thiophene rings is 1. The first-order chi connectivity index (χ1) is 8.34. The Labute approximate surface area is 106 Å². The van der Waals surface area contributed by atoms with Crippen molar-refractivity contribution < 1.29 is 4.79 Å². The van der Waals surface area contributed by atoms with Crippen LogP contribution in [0.3, 0.4) is 0 Å². The van der Waals surface area contributed by atoms with Crippen molar-refractivity contribution in [2.24, 2.45) is 5.73 Å². The van der Waals surface area contributed by atoms with Gasteiger partial charge in [-0.05, 0) is 26.3 Å². The third-order valence-electron chi connectivity index (χ3n) is 3.06. The Kier molecular flexibility index (Phi) is 2.86. The molecule has 0 aliphatic rings. The number of H-pyrrole nitrogens is 1. The Hall–Kier alpha value is -1.89. The van der Waals surface area contributed by atoms with Gasteiger partial charge in [-0.2, -0.15) is 0 Å².